The van der Waals surface area contributed by atoms with Crippen molar-refractivity contribution in [3.8, 4) is 0 Å². The van der Waals surface area contributed by atoms with E-state index in [0.717, 1.165) is 11.2 Å². The number of carbonyl (C=O) groups excluding carboxylic acids is 2. The molecule has 2 rings (SSSR count). The Morgan fingerprint density at radius 1 is 1.18 bits per heavy atom. The summed E-state index contributed by atoms with van der Waals surface area (Å²) in [6.45, 7) is 6.25. The summed E-state index contributed by atoms with van der Waals surface area (Å²) in [5.41, 5.74) is 3.02. The van der Waals surface area contributed by atoms with Crippen LogP contribution in [0.2, 0.25) is 0 Å². The van der Waals surface area contributed by atoms with E-state index in [1.54, 1.807) is 19.1 Å². The maximum atomic E-state index is 12.6. The molecule has 0 aliphatic rings. The molecule has 2 aromatic rings. The summed E-state index contributed by atoms with van der Waals surface area (Å²) in [4.78, 5) is 31.2. The molecule has 1 N–H and O–H groups in total. The van der Waals surface area contributed by atoms with Crippen LogP contribution in [0.1, 0.15) is 34.6 Å². The minimum atomic E-state index is -0.182. The van der Waals surface area contributed by atoms with Gasteiger partial charge in [-0.05, 0) is 31.9 Å². The molecule has 0 radical (unpaired) electrons. The van der Waals surface area contributed by atoms with Gasteiger partial charge in [0.15, 0.2) is 0 Å². The SMILES string of the molecule is COCCN(CCOC)C(=O)CCCNC(=O)c1c(C)nc2c(C)cccn12. The molecule has 0 spiro atoms. The molecule has 0 aromatic carbocycles. The lowest BCUT2D eigenvalue weighted by molar-refractivity contribution is -0.132. The molecule has 154 valence electrons. The Bertz CT molecular complexity index is 795. The summed E-state index contributed by atoms with van der Waals surface area (Å²) < 4.78 is 11.9. The highest BCUT2D eigenvalue weighted by Crippen LogP contribution is 2.15. The highest BCUT2D eigenvalue weighted by molar-refractivity contribution is 5.94. The first-order valence-electron chi connectivity index (χ1n) is 9.47. The number of carbonyl (C=O) groups is 2. The van der Waals surface area contributed by atoms with Gasteiger partial charge in [0.25, 0.3) is 5.91 Å². The number of rotatable bonds is 11. The van der Waals surface area contributed by atoms with Crippen molar-refractivity contribution < 1.29 is 19.1 Å². The molecule has 28 heavy (non-hydrogen) atoms. The van der Waals surface area contributed by atoms with Crippen LogP contribution in [-0.2, 0) is 14.3 Å². The predicted molar refractivity (Wildman–Crippen MR) is 107 cm³/mol. The number of aryl methyl sites for hydroxylation is 2. The van der Waals surface area contributed by atoms with Crippen LogP contribution in [0.25, 0.3) is 5.65 Å². The molecule has 0 fully saturated rings. The summed E-state index contributed by atoms with van der Waals surface area (Å²) in [5.74, 6) is -0.149. The smallest absolute Gasteiger partial charge is 0.270 e. The van der Waals surface area contributed by atoms with Crippen molar-refractivity contribution in [3.63, 3.8) is 0 Å². The monoisotopic (exact) mass is 390 g/mol. The Labute approximate surface area is 165 Å². The molecule has 2 heterocycles. The summed E-state index contributed by atoms with van der Waals surface area (Å²) in [6, 6.07) is 3.86. The summed E-state index contributed by atoms with van der Waals surface area (Å²) in [5, 5.41) is 2.90. The number of methoxy groups -OCH3 is 2. The number of imidazole rings is 1. The number of fused-ring (bicyclic) bond motifs is 1. The lowest BCUT2D eigenvalue weighted by Gasteiger charge is -2.22. The molecule has 8 heteroatoms. The van der Waals surface area contributed by atoms with Crippen molar-refractivity contribution in [2.75, 3.05) is 47.1 Å². The van der Waals surface area contributed by atoms with Gasteiger partial charge in [-0.3, -0.25) is 14.0 Å². The topological polar surface area (TPSA) is 85.2 Å². The molecule has 0 unspecified atom stereocenters. The van der Waals surface area contributed by atoms with Crippen LogP contribution in [0.15, 0.2) is 18.3 Å². The summed E-state index contributed by atoms with van der Waals surface area (Å²) >= 11 is 0. The van der Waals surface area contributed by atoms with Crippen molar-refractivity contribution in [3.05, 3.63) is 35.3 Å². The highest BCUT2D eigenvalue weighted by atomic mass is 16.5. The number of pyridine rings is 1. The molecule has 2 amide bonds. The third-order valence-corrected chi connectivity index (χ3v) is 4.57. The van der Waals surface area contributed by atoms with Crippen LogP contribution in [0.3, 0.4) is 0 Å². The third-order valence-electron chi connectivity index (χ3n) is 4.57. The standard InChI is InChI=1S/C20H30N4O4/c1-15-7-6-10-24-18(16(2)22-19(15)24)20(26)21-9-5-8-17(25)23(11-13-27-3)12-14-28-4/h6-7,10H,5,8-9,11-14H2,1-4H3,(H,21,26). The second-order valence-electron chi connectivity index (χ2n) is 6.66. The lowest BCUT2D eigenvalue weighted by Crippen LogP contribution is -2.37. The van der Waals surface area contributed by atoms with E-state index in [1.807, 2.05) is 36.6 Å². The van der Waals surface area contributed by atoms with E-state index < -0.39 is 0 Å². The van der Waals surface area contributed by atoms with E-state index in [-0.39, 0.29) is 11.8 Å². The van der Waals surface area contributed by atoms with Gasteiger partial charge >= 0.3 is 0 Å². The zero-order valence-electron chi connectivity index (χ0n) is 17.2. The van der Waals surface area contributed by atoms with Gasteiger partial charge in [-0.1, -0.05) is 6.07 Å². The van der Waals surface area contributed by atoms with Gasteiger partial charge in [-0.15, -0.1) is 0 Å². The Balaban J connectivity index is 1.87. The van der Waals surface area contributed by atoms with Crippen molar-refractivity contribution in [1.29, 1.82) is 0 Å². The van der Waals surface area contributed by atoms with Crippen LogP contribution in [0.5, 0.6) is 0 Å². The fourth-order valence-electron chi connectivity index (χ4n) is 3.04. The van der Waals surface area contributed by atoms with E-state index in [2.05, 4.69) is 10.3 Å². The largest absolute Gasteiger partial charge is 0.383 e. The van der Waals surface area contributed by atoms with Crippen molar-refractivity contribution >= 4 is 17.5 Å². The minimum Gasteiger partial charge on any atom is -0.383 e. The highest BCUT2D eigenvalue weighted by Gasteiger charge is 2.17. The Morgan fingerprint density at radius 3 is 2.50 bits per heavy atom. The van der Waals surface area contributed by atoms with Crippen molar-refractivity contribution in [1.82, 2.24) is 19.6 Å². The number of ether oxygens (including phenoxy) is 2. The van der Waals surface area contributed by atoms with E-state index in [0.29, 0.717) is 57.1 Å². The lowest BCUT2D eigenvalue weighted by atomic mass is 10.2. The van der Waals surface area contributed by atoms with Crippen LogP contribution >= 0.6 is 0 Å². The first-order chi connectivity index (χ1) is 13.5. The molecule has 2 aromatic heterocycles. The van der Waals surface area contributed by atoms with E-state index in [1.165, 1.54) is 0 Å². The van der Waals surface area contributed by atoms with Gasteiger partial charge < -0.3 is 19.7 Å². The van der Waals surface area contributed by atoms with E-state index in [9.17, 15) is 9.59 Å². The van der Waals surface area contributed by atoms with Crippen molar-refractivity contribution in [2.45, 2.75) is 26.7 Å². The van der Waals surface area contributed by atoms with Gasteiger partial charge in [-0.2, -0.15) is 0 Å². The fraction of sp³-hybridized carbons (Fsp3) is 0.550. The second-order valence-corrected chi connectivity index (χ2v) is 6.66. The molecule has 0 saturated heterocycles. The molecular weight excluding hydrogens is 360 g/mol. The average molecular weight is 390 g/mol. The molecule has 8 nitrogen and oxygen atoms in total. The van der Waals surface area contributed by atoms with Crippen LogP contribution in [0.4, 0.5) is 0 Å². The fourth-order valence-corrected chi connectivity index (χ4v) is 3.04. The first kappa shape index (κ1) is 21.8. The number of aromatic nitrogens is 2. The molecule has 0 atom stereocenters. The molecule has 0 bridgehead atoms. The number of hydrogen-bond donors (Lipinski definition) is 1. The maximum Gasteiger partial charge on any atom is 0.270 e. The predicted octanol–water partition coefficient (Wildman–Crippen LogP) is 1.58. The maximum absolute atomic E-state index is 12.6. The first-order valence-corrected chi connectivity index (χ1v) is 9.47. The molecule has 0 aliphatic carbocycles. The number of amides is 2. The van der Waals surface area contributed by atoms with Crippen LogP contribution in [-0.4, -0.2) is 73.2 Å². The van der Waals surface area contributed by atoms with Crippen LogP contribution in [0, 0.1) is 13.8 Å². The number of nitrogens with zero attached hydrogens (tertiary/aromatic N) is 3. The van der Waals surface area contributed by atoms with E-state index >= 15 is 0 Å². The van der Waals surface area contributed by atoms with Gasteiger partial charge in [0.1, 0.15) is 11.3 Å². The summed E-state index contributed by atoms with van der Waals surface area (Å²) in [6.07, 6.45) is 2.76. The Hall–Kier alpha value is -2.45. The third kappa shape index (κ3) is 5.53. The quantitative estimate of drug-likeness (QED) is 0.589. The number of hydrogen-bond acceptors (Lipinski definition) is 5. The molecule has 0 saturated carbocycles. The zero-order valence-corrected chi connectivity index (χ0v) is 17.2. The number of nitrogens with one attached hydrogen (secondary N) is 1. The van der Waals surface area contributed by atoms with Gasteiger partial charge in [-0.25, -0.2) is 4.98 Å². The Morgan fingerprint density at radius 2 is 1.86 bits per heavy atom. The molecule has 0 aliphatic heterocycles. The Kier molecular flexibility index (Phi) is 8.41. The summed E-state index contributed by atoms with van der Waals surface area (Å²) in [7, 11) is 3.22. The van der Waals surface area contributed by atoms with Gasteiger partial charge in [0.05, 0.1) is 18.9 Å². The van der Waals surface area contributed by atoms with Gasteiger partial charge in [0.2, 0.25) is 5.91 Å². The normalized spacial score (nSPS) is 11.0. The minimum absolute atomic E-state index is 0.0324. The molecular formula is C20H30N4O4. The second kappa shape index (κ2) is 10.8. The van der Waals surface area contributed by atoms with Crippen molar-refractivity contribution in [2.24, 2.45) is 0 Å². The van der Waals surface area contributed by atoms with Gasteiger partial charge in [0, 0.05) is 46.5 Å². The zero-order chi connectivity index (χ0) is 20.5. The average Bonchev–Trinajstić information content (AvgIpc) is 3.02. The van der Waals surface area contributed by atoms with E-state index in [4.69, 9.17) is 9.47 Å². The van der Waals surface area contributed by atoms with Crippen LogP contribution < -0.4 is 5.32 Å².